The van der Waals surface area contributed by atoms with Crippen molar-refractivity contribution in [2.45, 2.75) is 26.7 Å². The lowest BCUT2D eigenvalue weighted by atomic mass is 9.93. The van der Waals surface area contributed by atoms with Crippen LogP contribution in [0.2, 0.25) is 0 Å². The smallest absolute Gasteiger partial charge is 0.310 e. The number of allylic oxidation sites excluding steroid dienone is 2. The predicted molar refractivity (Wildman–Crippen MR) is 67.5 cm³/mol. The number of amides is 1. The average Bonchev–Trinajstić information content (AvgIpc) is 2.25. The highest BCUT2D eigenvalue weighted by Gasteiger charge is 2.28. The number of nitrogens with one attached hydrogen (secondary N) is 1. The molecule has 1 amide bonds. The Bertz CT molecular complexity index is 298. The first-order chi connectivity index (χ1) is 7.85. The summed E-state index contributed by atoms with van der Waals surface area (Å²) >= 11 is 0. The SMILES string of the molecule is C=CCC(CC=C)C(=O)NCC(C)(C)C(=O)O. The van der Waals surface area contributed by atoms with Crippen molar-refractivity contribution in [2.24, 2.45) is 11.3 Å². The van der Waals surface area contributed by atoms with Gasteiger partial charge in [-0.1, -0.05) is 12.2 Å². The maximum Gasteiger partial charge on any atom is 0.310 e. The number of carboxylic acids is 1. The van der Waals surface area contributed by atoms with Crippen LogP contribution < -0.4 is 5.32 Å². The molecule has 0 fully saturated rings. The van der Waals surface area contributed by atoms with Gasteiger partial charge in [0.05, 0.1) is 5.41 Å². The molecule has 0 atom stereocenters. The third-order valence-electron chi connectivity index (χ3n) is 2.56. The van der Waals surface area contributed by atoms with Crippen LogP contribution in [0.1, 0.15) is 26.7 Å². The Morgan fingerprint density at radius 1 is 1.29 bits per heavy atom. The van der Waals surface area contributed by atoms with Crippen molar-refractivity contribution in [3.8, 4) is 0 Å². The van der Waals surface area contributed by atoms with Crippen LogP contribution in [0.5, 0.6) is 0 Å². The maximum absolute atomic E-state index is 11.8. The van der Waals surface area contributed by atoms with Crippen molar-refractivity contribution >= 4 is 11.9 Å². The van der Waals surface area contributed by atoms with E-state index in [1.807, 2.05) is 0 Å². The molecule has 0 aromatic rings. The van der Waals surface area contributed by atoms with Gasteiger partial charge in [0.2, 0.25) is 5.91 Å². The summed E-state index contributed by atoms with van der Waals surface area (Å²) in [7, 11) is 0. The molecule has 0 heterocycles. The second kappa shape index (κ2) is 6.89. The standard InChI is InChI=1S/C13H21NO3/c1-5-7-10(8-6-2)11(15)14-9-13(3,4)12(16)17/h5-6,10H,1-2,7-9H2,3-4H3,(H,14,15)(H,16,17). The van der Waals surface area contributed by atoms with E-state index >= 15 is 0 Å². The first-order valence-electron chi connectivity index (χ1n) is 5.58. The lowest BCUT2D eigenvalue weighted by molar-refractivity contribution is -0.146. The zero-order chi connectivity index (χ0) is 13.5. The van der Waals surface area contributed by atoms with E-state index in [4.69, 9.17) is 5.11 Å². The van der Waals surface area contributed by atoms with Gasteiger partial charge in [0.1, 0.15) is 0 Å². The van der Waals surface area contributed by atoms with E-state index in [1.54, 1.807) is 26.0 Å². The fraction of sp³-hybridized carbons (Fsp3) is 0.538. The number of hydrogen-bond acceptors (Lipinski definition) is 2. The molecule has 0 aromatic heterocycles. The van der Waals surface area contributed by atoms with E-state index in [-0.39, 0.29) is 18.4 Å². The Hall–Kier alpha value is -1.58. The van der Waals surface area contributed by atoms with Crippen molar-refractivity contribution in [2.75, 3.05) is 6.54 Å². The molecule has 17 heavy (non-hydrogen) atoms. The summed E-state index contributed by atoms with van der Waals surface area (Å²) in [5.41, 5.74) is -0.956. The number of hydrogen-bond donors (Lipinski definition) is 2. The van der Waals surface area contributed by atoms with Gasteiger partial charge in [0.25, 0.3) is 0 Å². The average molecular weight is 239 g/mol. The molecule has 0 aliphatic rings. The lowest BCUT2D eigenvalue weighted by Gasteiger charge is -2.21. The van der Waals surface area contributed by atoms with E-state index in [1.165, 1.54) is 0 Å². The molecular weight excluding hydrogens is 218 g/mol. The summed E-state index contributed by atoms with van der Waals surface area (Å²) in [6.07, 6.45) is 4.48. The van der Waals surface area contributed by atoms with Crippen LogP contribution in [-0.4, -0.2) is 23.5 Å². The Labute approximate surface area is 102 Å². The zero-order valence-electron chi connectivity index (χ0n) is 10.5. The molecule has 0 unspecified atom stereocenters. The summed E-state index contributed by atoms with van der Waals surface area (Å²) in [6.45, 7) is 10.5. The number of carboxylic acid groups (broad SMARTS) is 1. The zero-order valence-corrected chi connectivity index (χ0v) is 10.5. The van der Waals surface area contributed by atoms with Gasteiger partial charge in [0.15, 0.2) is 0 Å². The lowest BCUT2D eigenvalue weighted by Crippen LogP contribution is -2.41. The molecule has 0 radical (unpaired) electrons. The van der Waals surface area contributed by atoms with E-state index in [2.05, 4.69) is 18.5 Å². The molecule has 0 spiro atoms. The van der Waals surface area contributed by atoms with Crippen LogP contribution in [0.15, 0.2) is 25.3 Å². The van der Waals surface area contributed by atoms with E-state index in [0.717, 1.165) is 0 Å². The number of carbonyl (C=O) groups is 2. The Morgan fingerprint density at radius 3 is 2.12 bits per heavy atom. The van der Waals surface area contributed by atoms with Gasteiger partial charge in [-0.05, 0) is 26.7 Å². The van der Waals surface area contributed by atoms with Crippen LogP contribution in [0.3, 0.4) is 0 Å². The summed E-state index contributed by atoms with van der Waals surface area (Å²) < 4.78 is 0. The second-order valence-electron chi connectivity index (χ2n) is 4.65. The van der Waals surface area contributed by atoms with Crippen molar-refractivity contribution < 1.29 is 14.7 Å². The molecule has 2 N–H and O–H groups in total. The highest BCUT2D eigenvalue weighted by Crippen LogP contribution is 2.15. The van der Waals surface area contributed by atoms with Gasteiger partial charge in [-0.15, -0.1) is 13.2 Å². The third-order valence-corrected chi connectivity index (χ3v) is 2.56. The summed E-state index contributed by atoms with van der Waals surface area (Å²) in [5, 5.41) is 11.6. The second-order valence-corrected chi connectivity index (χ2v) is 4.65. The van der Waals surface area contributed by atoms with Crippen LogP contribution in [-0.2, 0) is 9.59 Å². The monoisotopic (exact) mass is 239 g/mol. The van der Waals surface area contributed by atoms with Gasteiger partial charge >= 0.3 is 5.97 Å². The van der Waals surface area contributed by atoms with Crippen LogP contribution in [0, 0.1) is 11.3 Å². The molecule has 0 saturated heterocycles. The van der Waals surface area contributed by atoms with E-state index < -0.39 is 11.4 Å². The molecular formula is C13H21NO3. The van der Waals surface area contributed by atoms with E-state index in [0.29, 0.717) is 12.8 Å². The van der Waals surface area contributed by atoms with Crippen LogP contribution in [0.25, 0.3) is 0 Å². The minimum Gasteiger partial charge on any atom is -0.481 e. The molecule has 0 aliphatic heterocycles. The Kier molecular flexibility index (Phi) is 6.25. The maximum atomic E-state index is 11.8. The van der Waals surface area contributed by atoms with Gasteiger partial charge in [-0.3, -0.25) is 9.59 Å². The molecule has 96 valence electrons. The fourth-order valence-corrected chi connectivity index (χ4v) is 1.24. The highest BCUT2D eigenvalue weighted by atomic mass is 16.4. The summed E-state index contributed by atoms with van der Waals surface area (Å²) in [5.74, 6) is -1.30. The van der Waals surface area contributed by atoms with Gasteiger partial charge in [-0.25, -0.2) is 0 Å². The minimum absolute atomic E-state index is 0.117. The van der Waals surface area contributed by atoms with Crippen LogP contribution in [0.4, 0.5) is 0 Å². The Morgan fingerprint density at radius 2 is 1.76 bits per heavy atom. The molecule has 0 saturated carbocycles. The number of carbonyl (C=O) groups excluding carboxylic acids is 1. The third kappa shape index (κ3) is 5.33. The van der Waals surface area contributed by atoms with Crippen molar-refractivity contribution in [1.82, 2.24) is 5.32 Å². The molecule has 0 rings (SSSR count). The largest absolute Gasteiger partial charge is 0.481 e. The molecule has 4 nitrogen and oxygen atoms in total. The summed E-state index contributed by atoms with van der Waals surface area (Å²) in [6, 6.07) is 0. The van der Waals surface area contributed by atoms with Gasteiger partial charge < -0.3 is 10.4 Å². The van der Waals surface area contributed by atoms with Gasteiger partial charge in [-0.2, -0.15) is 0 Å². The van der Waals surface area contributed by atoms with Crippen molar-refractivity contribution in [3.63, 3.8) is 0 Å². The fourth-order valence-electron chi connectivity index (χ4n) is 1.24. The normalized spacial score (nSPS) is 11.0. The summed E-state index contributed by atoms with van der Waals surface area (Å²) in [4.78, 5) is 22.7. The van der Waals surface area contributed by atoms with Crippen molar-refractivity contribution in [1.29, 1.82) is 0 Å². The molecule has 0 bridgehead atoms. The van der Waals surface area contributed by atoms with Crippen LogP contribution >= 0.6 is 0 Å². The highest BCUT2D eigenvalue weighted by molar-refractivity contribution is 5.80. The molecule has 0 aliphatic carbocycles. The molecule has 0 aromatic carbocycles. The first kappa shape index (κ1) is 15.4. The van der Waals surface area contributed by atoms with Crippen molar-refractivity contribution in [3.05, 3.63) is 25.3 Å². The number of rotatable bonds is 8. The topological polar surface area (TPSA) is 66.4 Å². The Balaban J connectivity index is 4.36. The number of aliphatic carboxylic acids is 1. The minimum atomic E-state index is -0.956. The first-order valence-corrected chi connectivity index (χ1v) is 5.58. The quantitative estimate of drug-likeness (QED) is 0.636. The molecule has 4 heteroatoms. The van der Waals surface area contributed by atoms with Gasteiger partial charge in [0, 0.05) is 12.5 Å². The predicted octanol–water partition coefficient (Wildman–Crippen LogP) is 1.98. The van der Waals surface area contributed by atoms with E-state index in [9.17, 15) is 9.59 Å².